The number of amides is 1. The van der Waals surface area contributed by atoms with Gasteiger partial charge in [0.15, 0.2) is 0 Å². The van der Waals surface area contributed by atoms with Gasteiger partial charge in [0.05, 0.1) is 19.1 Å². The van der Waals surface area contributed by atoms with Crippen LogP contribution < -0.4 is 0 Å². The number of hydrogen-bond acceptors (Lipinski definition) is 5. The number of carbonyl (C=O) groups excluding carboxylic acids is 1. The maximum absolute atomic E-state index is 12.9. The summed E-state index contributed by atoms with van der Waals surface area (Å²) >= 11 is 1.76. The Labute approximate surface area is 146 Å². The number of thiophene rings is 1. The lowest BCUT2D eigenvalue weighted by molar-refractivity contribution is -0.133. The van der Waals surface area contributed by atoms with E-state index in [-0.39, 0.29) is 11.9 Å². The first-order valence-electron chi connectivity index (χ1n) is 8.70. The van der Waals surface area contributed by atoms with Gasteiger partial charge < -0.3 is 4.90 Å². The van der Waals surface area contributed by atoms with Crippen molar-refractivity contribution in [3.63, 3.8) is 0 Å². The molecule has 0 N–H and O–H groups in total. The maximum Gasteiger partial charge on any atom is 0.237 e. The molecule has 0 radical (unpaired) electrons. The van der Waals surface area contributed by atoms with Gasteiger partial charge in [-0.25, -0.2) is 4.98 Å². The van der Waals surface area contributed by atoms with Crippen molar-refractivity contribution >= 4 is 17.2 Å². The summed E-state index contributed by atoms with van der Waals surface area (Å²) in [5.41, 5.74) is 0. The van der Waals surface area contributed by atoms with Crippen molar-refractivity contribution in [1.82, 2.24) is 24.6 Å². The maximum atomic E-state index is 12.9. The number of hydrogen-bond donors (Lipinski definition) is 0. The smallest absolute Gasteiger partial charge is 0.237 e. The van der Waals surface area contributed by atoms with Crippen molar-refractivity contribution in [2.45, 2.75) is 44.3 Å². The van der Waals surface area contributed by atoms with Crippen molar-refractivity contribution in [2.24, 2.45) is 0 Å². The van der Waals surface area contributed by atoms with Crippen LogP contribution in [0.3, 0.4) is 0 Å². The van der Waals surface area contributed by atoms with E-state index in [9.17, 15) is 4.79 Å². The second-order valence-corrected chi connectivity index (χ2v) is 7.62. The minimum Gasteiger partial charge on any atom is -0.334 e. The summed E-state index contributed by atoms with van der Waals surface area (Å²) < 4.78 is 1.87. The molecule has 0 unspecified atom stereocenters. The van der Waals surface area contributed by atoms with Crippen LogP contribution in [0.4, 0.5) is 0 Å². The van der Waals surface area contributed by atoms with E-state index < -0.39 is 0 Å². The SMILES string of the molecule is O=C(CN1CCC[C@H]1Cn1cncn1)N1CCC[C@H]1c1cccs1. The van der Waals surface area contributed by atoms with Crippen LogP contribution in [0.2, 0.25) is 0 Å². The van der Waals surface area contributed by atoms with Gasteiger partial charge in [0.2, 0.25) is 5.91 Å². The van der Waals surface area contributed by atoms with Crippen LogP contribution in [0.1, 0.15) is 36.6 Å². The highest BCUT2D eigenvalue weighted by atomic mass is 32.1. The van der Waals surface area contributed by atoms with Gasteiger partial charge in [-0.15, -0.1) is 11.3 Å². The fourth-order valence-corrected chi connectivity index (χ4v) is 4.83. The largest absolute Gasteiger partial charge is 0.334 e. The number of likely N-dealkylation sites (tertiary alicyclic amines) is 2. The monoisotopic (exact) mass is 345 g/mol. The lowest BCUT2D eigenvalue weighted by Crippen LogP contribution is -2.43. The molecule has 4 rings (SSSR count). The molecule has 24 heavy (non-hydrogen) atoms. The molecule has 2 saturated heterocycles. The fourth-order valence-electron chi connectivity index (χ4n) is 3.96. The summed E-state index contributed by atoms with van der Waals surface area (Å²) in [5.74, 6) is 0.274. The minimum atomic E-state index is 0.274. The van der Waals surface area contributed by atoms with Gasteiger partial charge in [-0.2, -0.15) is 5.10 Å². The van der Waals surface area contributed by atoms with E-state index in [0.717, 1.165) is 45.3 Å². The lowest BCUT2D eigenvalue weighted by atomic mass is 10.2. The molecule has 0 aromatic carbocycles. The summed E-state index contributed by atoms with van der Waals surface area (Å²) in [6, 6.07) is 4.91. The van der Waals surface area contributed by atoms with Crippen molar-refractivity contribution in [2.75, 3.05) is 19.6 Å². The van der Waals surface area contributed by atoms with Gasteiger partial charge in [0, 0.05) is 17.5 Å². The van der Waals surface area contributed by atoms with Crippen molar-refractivity contribution in [3.8, 4) is 0 Å². The first-order chi connectivity index (χ1) is 11.8. The molecule has 2 fully saturated rings. The Morgan fingerprint density at radius 3 is 3.00 bits per heavy atom. The zero-order valence-corrected chi connectivity index (χ0v) is 14.6. The average Bonchev–Trinajstić information content (AvgIpc) is 3.37. The molecule has 0 saturated carbocycles. The summed E-state index contributed by atoms with van der Waals surface area (Å²) in [4.78, 5) is 22.7. The topological polar surface area (TPSA) is 54.3 Å². The number of rotatable bonds is 5. The number of aromatic nitrogens is 3. The molecule has 0 spiro atoms. The standard InChI is InChI=1S/C17H23N5OS/c23-17(22-8-2-5-15(22)16-6-3-9-24-16)11-20-7-1-4-14(20)10-21-13-18-12-19-21/h3,6,9,12-15H,1-2,4-5,7-8,10-11H2/t14-,15-/m0/s1. The summed E-state index contributed by atoms with van der Waals surface area (Å²) in [7, 11) is 0. The van der Waals surface area contributed by atoms with Crippen LogP contribution in [-0.4, -0.2) is 56.1 Å². The summed E-state index contributed by atoms with van der Waals surface area (Å²) in [6.45, 7) is 3.24. The third-order valence-electron chi connectivity index (χ3n) is 5.15. The molecule has 0 aliphatic carbocycles. The van der Waals surface area contributed by atoms with Gasteiger partial charge >= 0.3 is 0 Å². The Morgan fingerprint density at radius 2 is 2.21 bits per heavy atom. The highest BCUT2D eigenvalue weighted by Gasteiger charge is 2.33. The molecule has 0 bridgehead atoms. The highest BCUT2D eigenvalue weighted by molar-refractivity contribution is 7.10. The van der Waals surface area contributed by atoms with Crippen molar-refractivity contribution in [3.05, 3.63) is 35.0 Å². The van der Waals surface area contributed by atoms with E-state index >= 15 is 0 Å². The molecule has 6 nitrogen and oxygen atoms in total. The minimum absolute atomic E-state index is 0.274. The first-order valence-corrected chi connectivity index (χ1v) is 9.58. The van der Waals surface area contributed by atoms with Crippen LogP contribution in [0, 0.1) is 0 Å². The average molecular weight is 345 g/mol. The van der Waals surface area contributed by atoms with Gasteiger partial charge in [-0.1, -0.05) is 6.07 Å². The third kappa shape index (κ3) is 3.23. The molecule has 1 amide bonds. The Balaban J connectivity index is 1.39. The van der Waals surface area contributed by atoms with Crippen molar-refractivity contribution in [1.29, 1.82) is 0 Å². The van der Waals surface area contributed by atoms with Gasteiger partial charge in [-0.05, 0) is 43.7 Å². The molecule has 2 aromatic rings. The molecule has 2 aliphatic rings. The van der Waals surface area contributed by atoms with Crippen LogP contribution in [0.15, 0.2) is 30.2 Å². The first kappa shape index (κ1) is 15.8. The second kappa shape index (κ2) is 7.03. The van der Waals surface area contributed by atoms with Crippen LogP contribution in [0.25, 0.3) is 0 Å². The molecule has 2 aromatic heterocycles. The zero-order chi connectivity index (χ0) is 16.4. The summed E-state index contributed by atoms with van der Waals surface area (Å²) in [5, 5.41) is 6.30. The van der Waals surface area contributed by atoms with Gasteiger partial charge in [0.1, 0.15) is 12.7 Å². The predicted octanol–water partition coefficient (Wildman–Crippen LogP) is 2.17. The van der Waals surface area contributed by atoms with E-state index in [2.05, 4.69) is 37.4 Å². The predicted molar refractivity (Wildman–Crippen MR) is 92.6 cm³/mol. The van der Waals surface area contributed by atoms with E-state index in [1.54, 1.807) is 24.0 Å². The van der Waals surface area contributed by atoms with Crippen LogP contribution in [-0.2, 0) is 11.3 Å². The second-order valence-electron chi connectivity index (χ2n) is 6.64. The Morgan fingerprint density at radius 1 is 1.29 bits per heavy atom. The molecular formula is C17H23N5OS. The zero-order valence-electron chi connectivity index (χ0n) is 13.8. The van der Waals surface area contributed by atoms with E-state index in [1.165, 1.54) is 4.88 Å². The van der Waals surface area contributed by atoms with Gasteiger partial charge in [-0.3, -0.25) is 14.4 Å². The molecular weight excluding hydrogens is 322 g/mol. The van der Waals surface area contributed by atoms with E-state index in [4.69, 9.17) is 0 Å². The molecule has 2 atom stereocenters. The van der Waals surface area contributed by atoms with E-state index in [1.807, 2.05) is 4.68 Å². The third-order valence-corrected chi connectivity index (χ3v) is 6.12. The van der Waals surface area contributed by atoms with Crippen LogP contribution >= 0.6 is 11.3 Å². The van der Waals surface area contributed by atoms with E-state index in [0.29, 0.717) is 12.6 Å². The quantitative estimate of drug-likeness (QED) is 0.833. The molecule has 4 heterocycles. The Bertz CT molecular complexity index is 657. The number of nitrogens with zero attached hydrogens (tertiary/aromatic N) is 5. The van der Waals surface area contributed by atoms with Gasteiger partial charge in [0.25, 0.3) is 0 Å². The molecule has 7 heteroatoms. The highest BCUT2D eigenvalue weighted by Crippen LogP contribution is 2.34. The molecule has 2 aliphatic heterocycles. The van der Waals surface area contributed by atoms with Crippen LogP contribution in [0.5, 0.6) is 0 Å². The van der Waals surface area contributed by atoms with Crippen molar-refractivity contribution < 1.29 is 4.79 Å². The Hall–Kier alpha value is -1.73. The number of carbonyl (C=O) groups is 1. The molecule has 128 valence electrons. The normalized spacial score (nSPS) is 24.8. The Kier molecular flexibility index (Phi) is 4.62. The summed E-state index contributed by atoms with van der Waals surface area (Å²) in [6.07, 6.45) is 7.81. The lowest BCUT2D eigenvalue weighted by Gasteiger charge is -2.29. The fraction of sp³-hybridized carbons (Fsp3) is 0.588.